The second-order valence-electron chi connectivity index (χ2n) is 11.3. The van der Waals surface area contributed by atoms with Crippen LogP contribution < -0.4 is 18.1 Å². The molecule has 0 fully saturated rings. The standard InChI is InChI=1S/C36H26N3O6P3S2/c40-25-17-21-27(22-18-25)49-48(50-28-23-19-26(41)20-24-28)38-46(42-33-13-5-1-9-29(33)30-10-2-6-14-34(30)43-46)37-47(39-48)44-35-15-7-3-11-31(35)32-12-4-8-16-36(32)45-47/h1-24,40-41H. The van der Waals surface area contributed by atoms with Crippen LogP contribution in [0.4, 0.5) is 0 Å². The Morgan fingerprint density at radius 3 is 1.06 bits per heavy atom. The van der Waals surface area contributed by atoms with Crippen molar-refractivity contribution in [2.75, 3.05) is 0 Å². The van der Waals surface area contributed by atoms with E-state index >= 15 is 0 Å². The van der Waals surface area contributed by atoms with E-state index in [1.807, 2.05) is 121 Å². The van der Waals surface area contributed by atoms with E-state index in [9.17, 15) is 10.2 Å². The third kappa shape index (κ3) is 5.89. The van der Waals surface area contributed by atoms with Gasteiger partial charge in [-0.1, -0.05) is 77.3 Å². The van der Waals surface area contributed by atoms with Gasteiger partial charge in [-0.15, -0.1) is 9.03 Å². The fourth-order valence-corrected chi connectivity index (χ4v) is 24.1. The summed E-state index contributed by atoms with van der Waals surface area (Å²) in [5, 5.41) is 20.3. The number of phenolic OH excluding ortho intramolecular Hbond substituents is 2. The lowest BCUT2D eigenvalue weighted by molar-refractivity contribution is 0.469. The molecule has 3 aliphatic heterocycles. The van der Waals surface area contributed by atoms with E-state index in [0.717, 1.165) is 32.0 Å². The van der Waals surface area contributed by atoms with Crippen LogP contribution in [-0.2, 0) is 0 Å². The average molecular weight is 754 g/mol. The number of fused-ring (bicyclic) bond motifs is 6. The number of nitrogens with zero attached hydrogens (tertiary/aromatic N) is 3. The molecule has 14 heteroatoms. The van der Waals surface area contributed by atoms with Crippen LogP contribution in [0, 0.1) is 0 Å². The van der Waals surface area contributed by atoms with E-state index in [0.29, 0.717) is 23.0 Å². The van der Waals surface area contributed by atoms with Crippen molar-refractivity contribution in [3.63, 3.8) is 0 Å². The number of aromatic hydroxyl groups is 2. The maximum Gasteiger partial charge on any atom is 0.456 e. The summed E-state index contributed by atoms with van der Waals surface area (Å²) in [5.74, 6) is 2.54. The summed E-state index contributed by atoms with van der Waals surface area (Å²) in [6.07, 6.45) is 0. The first kappa shape index (κ1) is 31.5. The molecule has 3 heterocycles. The minimum atomic E-state index is -3.72. The predicted molar refractivity (Wildman–Crippen MR) is 202 cm³/mol. The van der Waals surface area contributed by atoms with Crippen LogP contribution in [0.2, 0.25) is 0 Å². The van der Waals surface area contributed by atoms with Gasteiger partial charge in [0.05, 0.1) is 0 Å². The van der Waals surface area contributed by atoms with E-state index in [4.69, 9.17) is 31.6 Å². The lowest BCUT2D eigenvalue weighted by Gasteiger charge is -2.32. The first-order chi connectivity index (χ1) is 24.4. The molecule has 0 saturated heterocycles. The molecule has 0 aliphatic carbocycles. The normalized spacial score (nSPS) is 16.7. The van der Waals surface area contributed by atoms with Gasteiger partial charge in [-0.05, 0) is 95.6 Å². The molecule has 248 valence electrons. The second kappa shape index (κ2) is 12.4. The molecule has 3 aliphatic rings. The molecule has 0 bridgehead atoms. The molecule has 2 spiro atoms. The van der Waals surface area contributed by atoms with Crippen molar-refractivity contribution in [2.45, 2.75) is 9.79 Å². The lowest BCUT2D eigenvalue weighted by atomic mass is 10.0. The monoisotopic (exact) mass is 753 g/mol. The topological polar surface area (TPSA) is 114 Å². The first-order valence-corrected chi connectivity index (χ1v) is 23.0. The first-order valence-electron chi connectivity index (χ1n) is 15.4. The summed E-state index contributed by atoms with van der Waals surface area (Å²) in [6.45, 7) is 0. The van der Waals surface area contributed by atoms with Gasteiger partial charge in [0.2, 0.25) is 5.61 Å². The molecule has 0 radical (unpaired) electrons. The summed E-state index contributed by atoms with van der Waals surface area (Å²) >= 11 is 2.87. The fraction of sp³-hybridized carbons (Fsp3) is 0. The minimum Gasteiger partial charge on any atom is -0.508 e. The number of hydrogen-bond acceptors (Lipinski definition) is 11. The van der Waals surface area contributed by atoms with Gasteiger partial charge < -0.3 is 28.3 Å². The van der Waals surface area contributed by atoms with E-state index in [2.05, 4.69) is 0 Å². The van der Waals surface area contributed by atoms with E-state index in [-0.39, 0.29) is 11.5 Å². The van der Waals surface area contributed by atoms with Crippen LogP contribution in [0.3, 0.4) is 0 Å². The predicted octanol–water partition coefficient (Wildman–Crippen LogP) is 13.1. The number of rotatable bonds is 4. The van der Waals surface area contributed by atoms with E-state index < -0.39 is 20.9 Å². The molecule has 9 nitrogen and oxygen atoms in total. The van der Waals surface area contributed by atoms with Gasteiger partial charge in [0.1, 0.15) is 34.5 Å². The van der Waals surface area contributed by atoms with Crippen molar-refractivity contribution in [2.24, 2.45) is 13.5 Å². The summed E-state index contributed by atoms with van der Waals surface area (Å²) in [4.78, 5) is 1.61. The van der Waals surface area contributed by atoms with Gasteiger partial charge in [0.15, 0.2) is 0 Å². The third-order valence-electron chi connectivity index (χ3n) is 7.80. The fourth-order valence-electron chi connectivity index (χ4n) is 5.63. The quantitative estimate of drug-likeness (QED) is 0.171. The van der Waals surface area contributed by atoms with E-state index in [1.165, 1.54) is 22.8 Å². The average Bonchev–Trinajstić information content (AvgIpc) is 3.33. The summed E-state index contributed by atoms with van der Waals surface area (Å²) < 4.78 is 44.2. The van der Waals surface area contributed by atoms with Gasteiger partial charge >= 0.3 is 15.3 Å². The van der Waals surface area contributed by atoms with Crippen molar-refractivity contribution < 1.29 is 28.3 Å². The van der Waals surface area contributed by atoms with Crippen molar-refractivity contribution in [3.05, 3.63) is 146 Å². The Labute approximate surface area is 296 Å². The Balaban J connectivity index is 1.37. The van der Waals surface area contributed by atoms with Crippen molar-refractivity contribution in [1.82, 2.24) is 0 Å². The van der Waals surface area contributed by atoms with Crippen LogP contribution in [0.5, 0.6) is 34.5 Å². The number of benzene rings is 6. The molecule has 0 atom stereocenters. The third-order valence-corrected chi connectivity index (χ3v) is 23.1. The van der Waals surface area contributed by atoms with Crippen LogP contribution in [0.25, 0.3) is 22.3 Å². The molecule has 50 heavy (non-hydrogen) atoms. The molecule has 0 aromatic heterocycles. The molecular weight excluding hydrogens is 727 g/mol. The van der Waals surface area contributed by atoms with Gasteiger partial charge in [-0.25, -0.2) is 0 Å². The molecule has 0 amide bonds. The zero-order chi connectivity index (χ0) is 33.8. The largest absolute Gasteiger partial charge is 0.508 e. The Kier molecular flexibility index (Phi) is 7.79. The van der Waals surface area contributed by atoms with Crippen LogP contribution in [0.1, 0.15) is 0 Å². The van der Waals surface area contributed by atoms with Gasteiger partial charge in [-0.3, -0.25) is 0 Å². The van der Waals surface area contributed by atoms with Gasteiger partial charge in [-0.2, -0.15) is 0 Å². The Bertz CT molecular complexity index is 2220. The van der Waals surface area contributed by atoms with Crippen LogP contribution in [0.15, 0.2) is 169 Å². The van der Waals surface area contributed by atoms with Crippen LogP contribution in [-0.4, -0.2) is 10.2 Å². The number of phenols is 2. The smallest absolute Gasteiger partial charge is 0.456 e. The molecule has 6 aromatic rings. The highest BCUT2D eigenvalue weighted by molar-refractivity contribution is 8.91. The molecule has 6 aromatic carbocycles. The maximum atomic E-state index is 10.2. The summed E-state index contributed by atoms with van der Waals surface area (Å²) in [5.41, 5.74) is 0.196. The highest BCUT2D eigenvalue weighted by atomic mass is 33.1. The lowest BCUT2D eigenvalue weighted by Crippen LogP contribution is -2.05. The van der Waals surface area contributed by atoms with Crippen molar-refractivity contribution in [3.8, 4) is 56.8 Å². The number of hydrogen-bond donors (Lipinski definition) is 2. The maximum absolute atomic E-state index is 10.2. The summed E-state index contributed by atoms with van der Waals surface area (Å²) in [6, 6.07) is 44.8. The number of para-hydroxylation sites is 4. The molecule has 0 saturated carbocycles. The Morgan fingerprint density at radius 1 is 0.380 bits per heavy atom. The highest BCUT2D eigenvalue weighted by Gasteiger charge is 2.48. The SMILES string of the molecule is Oc1ccc(SP2(Sc3ccc(O)cc3)=NP3(=NP4(=N2)Oc2ccccc2-c2ccccc2O4)Oc2ccccc2-c2ccccc2O3)cc1. The molecule has 9 rings (SSSR count). The van der Waals surface area contributed by atoms with Crippen molar-refractivity contribution in [1.29, 1.82) is 0 Å². The zero-order valence-corrected chi connectivity index (χ0v) is 30.2. The second-order valence-corrected chi connectivity index (χ2v) is 23.2. The van der Waals surface area contributed by atoms with Crippen molar-refractivity contribution >= 4 is 43.7 Å². The zero-order valence-electron chi connectivity index (χ0n) is 25.9. The van der Waals surface area contributed by atoms with Gasteiger partial charge in [0.25, 0.3) is 0 Å². The Morgan fingerprint density at radius 2 is 0.700 bits per heavy atom. The highest BCUT2D eigenvalue weighted by Crippen LogP contribution is 2.89. The molecule has 2 N–H and O–H groups in total. The Hall–Kier alpha value is -4.49. The summed E-state index contributed by atoms with van der Waals surface area (Å²) in [7, 11) is -7.44. The van der Waals surface area contributed by atoms with Crippen LogP contribution >= 0.6 is 43.7 Å². The van der Waals surface area contributed by atoms with E-state index in [1.54, 1.807) is 24.3 Å². The molecular formula is C36H26N3O6P3S2. The molecule has 0 unspecified atom stereocenters. The van der Waals surface area contributed by atoms with Gasteiger partial charge in [0, 0.05) is 32.0 Å². The minimum absolute atomic E-state index is 0.140.